The Morgan fingerprint density at radius 1 is 1.06 bits per heavy atom. The molecule has 0 unspecified atom stereocenters. The normalized spacial score (nSPS) is 14.1. The molecule has 0 saturated carbocycles. The molecule has 0 spiro atoms. The van der Waals surface area contributed by atoms with Gasteiger partial charge >= 0.3 is 5.69 Å². The number of ketones is 1. The summed E-state index contributed by atoms with van der Waals surface area (Å²) in [6.45, 7) is 1.99. The maximum atomic E-state index is 13.2. The van der Waals surface area contributed by atoms with Crippen LogP contribution >= 0.6 is 0 Å². The number of hydrogen-bond donors (Lipinski definition) is 0. The van der Waals surface area contributed by atoms with Crippen LogP contribution in [0.1, 0.15) is 10.4 Å². The number of rotatable bonds is 6. The van der Waals surface area contributed by atoms with Gasteiger partial charge < -0.3 is 19.1 Å². The number of fused-ring (bicyclic) bond motifs is 1. The molecule has 32 heavy (non-hydrogen) atoms. The van der Waals surface area contributed by atoms with Crippen LogP contribution in [0.15, 0.2) is 27.8 Å². The van der Waals surface area contributed by atoms with Crippen LogP contribution in [-0.2, 0) is 25.4 Å². The molecular formula is C21H25N5O6. The molecule has 0 atom stereocenters. The first-order valence-electron chi connectivity index (χ1n) is 10.1. The summed E-state index contributed by atoms with van der Waals surface area (Å²) in [4.78, 5) is 45.2. The Morgan fingerprint density at radius 2 is 1.75 bits per heavy atom. The molecule has 4 rings (SSSR count). The SMILES string of the molecule is COc1ccc(C(=O)Cn2c(N3CCOCC3)nc3c2c(=O)n(C)c(=O)n3C)cc1OC. The number of carbonyl (C=O) groups is 1. The summed E-state index contributed by atoms with van der Waals surface area (Å²) in [5.41, 5.74) is -0.147. The van der Waals surface area contributed by atoms with E-state index in [2.05, 4.69) is 4.98 Å². The quantitative estimate of drug-likeness (QED) is 0.496. The highest BCUT2D eigenvalue weighted by atomic mass is 16.5. The molecule has 11 heteroatoms. The molecule has 0 aliphatic carbocycles. The van der Waals surface area contributed by atoms with Crippen molar-refractivity contribution in [2.75, 3.05) is 45.4 Å². The zero-order chi connectivity index (χ0) is 23.0. The number of carbonyl (C=O) groups excluding carboxylic acids is 1. The van der Waals surface area contributed by atoms with E-state index in [9.17, 15) is 14.4 Å². The molecular weight excluding hydrogens is 418 g/mol. The van der Waals surface area contributed by atoms with Crippen molar-refractivity contribution in [3.63, 3.8) is 0 Å². The minimum Gasteiger partial charge on any atom is -0.493 e. The second-order valence-electron chi connectivity index (χ2n) is 7.47. The first kappa shape index (κ1) is 21.6. The van der Waals surface area contributed by atoms with E-state index in [-0.39, 0.29) is 23.5 Å². The Balaban J connectivity index is 1.86. The van der Waals surface area contributed by atoms with Crippen LogP contribution in [0.4, 0.5) is 5.95 Å². The van der Waals surface area contributed by atoms with Gasteiger partial charge in [-0.05, 0) is 18.2 Å². The smallest absolute Gasteiger partial charge is 0.332 e. The van der Waals surface area contributed by atoms with Crippen LogP contribution in [0, 0.1) is 0 Å². The van der Waals surface area contributed by atoms with E-state index < -0.39 is 11.2 Å². The van der Waals surface area contributed by atoms with Gasteiger partial charge in [0.15, 0.2) is 28.4 Å². The number of hydrogen-bond acceptors (Lipinski definition) is 8. The number of aryl methyl sites for hydroxylation is 1. The third-order valence-corrected chi connectivity index (χ3v) is 5.63. The third kappa shape index (κ3) is 3.54. The number of morpholine rings is 1. The van der Waals surface area contributed by atoms with E-state index in [1.807, 2.05) is 4.90 Å². The van der Waals surface area contributed by atoms with Gasteiger partial charge in [0.1, 0.15) is 0 Å². The second-order valence-corrected chi connectivity index (χ2v) is 7.47. The van der Waals surface area contributed by atoms with E-state index in [4.69, 9.17) is 14.2 Å². The van der Waals surface area contributed by atoms with Gasteiger partial charge in [0, 0.05) is 32.7 Å². The molecule has 170 valence electrons. The highest BCUT2D eigenvalue weighted by molar-refractivity contribution is 5.97. The van der Waals surface area contributed by atoms with Crippen molar-refractivity contribution in [3.05, 3.63) is 44.6 Å². The summed E-state index contributed by atoms with van der Waals surface area (Å²) in [7, 11) is 5.98. The van der Waals surface area contributed by atoms with Gasteiger partial charge in [0.05, 0.1) is 34.0 Å². The molecule has 0 N–H and O–H groups in total. The predicted octanol–water partition coefficient (Wildman–Crippen LogP) is 0.170. The largest absolute Gasteiger partial charge is 0.493 e. The first-order valence-corrected chi connectivity index (χ1v) is 10.1. The van der Waals surface area contributed by atoms with Gasteiger partial charge in [-0.15, -0.1) is 0 Å². The van der Waals surface area contributed by atoms with E-state index in [0.717, 1.165) is 4.57 Å². The minimum atomic E-state index is -0.504. The fraction of sp³-hybridized carbons (Fsp3) is 0.429. The molecule has 0 radical (unpaired) electrons. The summed E-state index contributed by atoms with van der Waals surface area (Å²) < 4.78 is 19.9. The van der Waals surface area contributed by atoms with Gasteiger partial charge in [0.25, 0.3) is 5.56 Å². The van der Waals surface area contributed by atoms with Crippen molar-refractivity contribution in [2.45, 2.75) is 6.54 Å². The predicted molar refractivity (Wildman–Crippen MR) is 117 cm³/mol. The van der Waals surface area contributed by atoms with Crippen molar-refractivity contribution >= 4 is 22.9 Å². The highest BCUT2D eigenvalue weighted by Gasteiger charge is 2.25. The zero-order valence-corrected chi connectivity index (χ0v) is 18.5. The summed E-state index contributed by atoms with van der Waals surface area (Å²) in [6.07, 6.45) is 0. The molecule has 1 fully saturated rings. The minimum absolute atomic E-state index is 0.133. The number of Topliss-reactive ketones (excluding diaryl/α,β-unsaturated/α-hetero) is 1. The van der Waals surface area contributed by atoms with Crippen LogP contribution in [-0.4, -0.2) is 65.0 Å². The lowest BCUT2D eigenvalue weighted by Gasteiger charge is -2.28. The van der Waals surface area contributed by atoms with Crippen molar-refractivity contribution in [1.82, 2.24) is 18.7 Å². The van der Waals surface area contributed by atoms with Gasteiger partial charge in [-0.2, -0.15) is 4.98 Å². The molecule has 1 aliphatic heterocycles. The lowest BCUT2D eigenvalue weighted by Crippen LogP contribution is -2.39. The molecule has 3 heterocycles. The van der Waals surface area contributed by atoms with Crippen LogP contribution < -0.4 is 25.6 Å². The molecule has 1 aliphatic rings. The number of nitrogens with zero attached hydrogens (tertiary/aromatic N) is 5. The van der Waals surface area contributed by atoms with Crippen molar-refractivity contribution in [2.24, 2.45) is 14.1 Å². The number of imidazole rings is 1. The van der Waals surface area contributed by atoms with Gasteiger partial charge in [-0.25, -0.2) is 4.79 Å². The van der Waals surface area contributed by atoms with E-state index in [0.29, 0.717) is 49.3 Å². The van der Waals surface area contributed by atoms with Gasteiger partial charge in [-0.3, -0.25) is 23.3 Å². The Labute approximate surface area is 183 Å². The number of ether oxygens (including phenoxy) is 3. The third-order valence-electron chi connectivity index (χ3n) is 5.63. The molecule has 0 amide bonds. The fourth-order valence-electron chi connectivity index (χ4n) is 3.83. The Hall–Kier alpha value is -3.60. The maximum Gasteiger partial charge on any atom is 0.332 e. The summed E-state index contributed by atoms with van der Waals surface area (Å²) in [5, 5.41) is 0. The van der Waals surface area contributed by atoms with Gasteiger partial charge in [-0.1, -0.05) is 0 Å². The second kappa shape index (κ2) is 8.50. The molecule has 1 saturated heterocycles. The van der Waals surface area contributed by atoms with Crippen LogP contribution in [0.2, 0.25) is 0 Å². The first-order chi connectivity index (χ1) is 15.4. The Morgan fingerprint density at radius 3 is 2.41 bits per heavy atom. The Kier molecular flexibility index (Phi) is 5.74. The molecule has 11 nitrogen and oxygen atoms in total. The Bertz CT molecular complexity index is 1300. The van der Waals surface area contributed by atoms with Crippen LogP contribution in [0.5, 0.6) is 11.5 Å². The topological polar surface area (TPSA) is 110 Å². The standard InChI is InChI=1S/C21H25N5O6/c1-23-18-17(19(28)24(2)21(23)29)26(20(22-18)25-7-9-32-10-8-25)12-14(27)13-5-6-15(30-3)16(11-13)31-4/h5-6,11H,7-10,12H2,1-4H3. The number of methoxy groups -OCH3 is 2. The lowest BCUT2D eigenvalue weighted by atomic mass is 10.1. The van der Waals surface area contributed by atoms with Crippen molar-refractivity contribution in [1.29, 1.82) is 0 Å². The molecule has 2 aromatic heterocycles. The summed E-state index contributed by atoms with van der Waals surface area (Å²) in [5.74, 6) is 1.15. The van der Waals surface area contributed by atoms with Crippen molar-refractivity contribution in [3.8, 4) is 11.5 Å². The summed E-state index contributed by atoms with van der Waals surface area (Å²) in [6, 6.07) is 4.90. The average molecular weight is 443 g/mol. The number of aromatic nitrogens is 4. The maximum absolute atomic E-state index is 13.2. The van der Waals surface area contributed by atoms with Crippen LogP contribution in [0.3, 0.4) is 0 Å². The van der Waals surface area contributed by atoms with E-state index in [1.54, 1.807) is 29.8 Å². The van der Waals surface area contributed by atoms with E-state index in [1.165, 1.54) is 25.8 Å². The van der Waals surface area contributed by atoms with E-state index >= 15 is 0 Å². The van der Waals surface area contributed by atoms with Gasteiger partial charge in [0.2, 0.25) is 5.95 Å². The lowest BCUT2D eigenvalue weighted by molar-refractivity contribution is 0.0972. The molecule has 1 aromatic carbocycles. The molecule has 3 aromatic rings. The zero-order valence-electron chi connectivity index (χ0n) is 18.5. The monoisotopic (exact) mass is 443 g/mol. The number of anilines is 1. The summed E-state index contributed by atoms with van der Waals surface area (Å²) >= 11 is 0. The van der Waals surface area contributed by atoms with Crippen LogP contribution in [0.25, 0.3) is 11.2 Å². The highest BCUT2D eigenvalue weighted by Crippen LogP contribution is 2.28. The molecule has 0 bridgehead atoms. The fourth-order valence-corrected chi connectivity index (χ4v) is 3.83. The average Bonchev–Trinajstić information content (AvgIpc) is 3.20. The number of benzene rings is 1. The van der Waals surface area contributed by atoms with Crippen molar-refractivity contribution < 1.29 is 19.0 Å².